The molecule has 146 valence electrons. The van der Waals surface area contributed by atoms with Crippen LogP contribution in [0.3, 0.4) is 0 Å². The number of benzene rings is 2. The lowest BCUT2D eigenvalue weighted by atomic mass is 9.83. The van der Waals surface area contributed by atoms with Gasteiger partial charge in [0.05, 0.1) is 17.5 Å². The number of thioether (sulfide) groups is 1. The molecular formula is C23H18F2N2OS. The summed E-state index contributed by atoms with van der Waals surface area (Å²) < 4.78 is 26.8. The number of fused-ring (bicyclic) bond motifs is 1. The van der Waals surface area contributed by atoms with Gasteiger partial charge in [0.2, 0.25) is 5.91 Å². The van der Waals surface area contributed by atoms with Crippen molar-refractivity contribution in [1.29, 1.82) is 0 Å². The zero-order valence-electron chi connectivity index (χ0n) is 15.6. The molecule has 1 atom stereocenters. The molecule has 6 heteroatoms. The molecule has 0 N–H and O–H groups in total. The number of amidine groups is 1. The molecule has 2 aliphatic heterocycles. The maximum atomic E-state index is 13.5. The lowest BCUT2D eigenvalue weighted by Gasteiger charge is -2.37. The summed E-state index contributed by atoms with van der Waals surface area (Å²) >= 11 is 1.44. The standard InChI is InChI=1S/C23H18F2N2OS/c24-17-8-4-14(5-9-17)12-16-2-1-3-19-21(16)26-23-27(20(28)13-29-23)22(19)15-6-10-18(25)11-7-15/h4-12,22H,1-3,13H2/b16-12+. The van der Waals surface area contributed by atoms with Crippen LogP contribution in [-0.2, 0) is 4.79 Å². The van der Waals surface area contributed by atoms with E-state index in [4.69, 9.17) is 4.99 Å². The number of hydrogen-bond acceptors (Lipinski definition) is 3. The number of nitrogens with zero attached hydrogens (tertiary/aromatic N) is 2. The molecule has 0 bridgehead atoms. The number of carbonyl (C=O) groups excluding carboxylic acids is 1. The van der Waals surface area contributed by atoms with Gasteiger partial charge in [-0.25, -0.2) is 13.8 Å². The van der Waals surface area contributed by atoms with Gasteiger partial charge in [-0.2, -0.15) is 0 Å². The van der Waals surface area contributed by atoms with Crippen molar-refractivity contribution in [3.05, 3.63) is 88.1 Å². The third kappa shape index (κ3) is 3.31. The fourth-order valence-electron chi connectivity index (χ4n) is 4.18. The Morgan fingerprint density at radius 3 is 2.41 bits per heavy atom. The predicted molar refractivity (Wildman–Crippen MR) is 111 cm³/mol. The average molecular weight is 408 g/mol. The highest BCUT2D eigenvalue weighted by Crippen LogP contribution is 2.47. The van der Waals surface area contributed by atoms with Gasteiger partial charge in [-0.3, -0.25) is 9.69 Å². The Labute approximate surface area is 171 Å². The summed E-state index contributed by atoms with van der Waals surface area (Å²) in [7, 11) is 0. The Morgan fingerprint density at radius 1 is 1.00 bits per heavy atom. The minimum absolute atomic E-state index is 0.0317. The minimum atomic E-state index is -0.296. The van der Waals surface area contributed by atoms with Crippen molar-refractivity contribution in [3.63, 3.8) is 0 Å². The van der Waals surface area contributed by atoms with Crippen LogP contribution in [-0.4, -0.2) is 21.7 Å². The van der Waals surface area contributed by atoms with Gasteiger partial charge in [0.15, 0.2) is 5.17 Å². The largest absolute Gasteiger partial charge is 0.279 e. The van der Waals surface area contributed by atoms with Gasteiger partial charge in [0, 0.05) is 0 Å². The second kappa shape index (κ2) is 7.26. The number of aliphatic imine (C=N–C) groups is 1. The SMILES string of the molecule is O=C1CSC2=NC3=C(CCC/C3=C\c3ccc(F)cc3)C(c3ccc(F)cc3)N12. The average Bonchev–Trinajstić information content (AvgIpc) is 3.10. The smallest absolute Gasteiger partial charge is 0.239 e. The van der Waals surface area contributed by atoms with Crippen molar-refractivity contribution in [2.45, 2.75) is 25.3 Å². The molecule has 0 spiro atoms. The van der Waals surface area contributed by atoms with Crippen LogP contribution in [0.15, 0.2) is 70.4 Å². The molecular weight excluding hydrogens is 390 g/mol. The molecule has 1 saturated heterocycles. The van der Waals surface area contributed by atoms with Crippen molar-refractivity contribution < 1.29 is 13.6 Å². The highest BCUT2D eigenvalue weighted by Gasteiger charge is 2.42. The molecule has 1 aliphatic carbocycles. The third-order valence-corrected chi connectivity index (χ3v) is 6.43. The minimum Gasteiger partial charge on any atom is -0.279 e. The molecule has 0 radical (unpaired) electrons. The summed E-state index contributed by atoms with van der Waals surface area (Å²) in [5.41, 5.74) is 4.92. The van der Waals surface area contributed by atoms with Crippen LogP contribution in [0, 0.1) is 11.6 Å². The summed E-state index contributed by atoms with van der Waals surface area (Å²) in [6.45, 7) is 0. The normalized spacial score (nSPS) is 22.6. The highest BCUT2D eigenvalue weighted by molar-refractivity contribution is 8.15. The molecule has 3 aliphatic rings. The summed E-state index contributed by atoms with van der Waals surface area (Å²) in [6, 6.07) is 12.5. The van der Waals surface area contributed by atoms with E-state index < -0.39 is 0 Å². The number of halogens is 2. The Balaban J connectivity index is 1.64. The molecule has 0 saturated carbocycles. The van der Waals surface area contributed by atoms with E-state index >= 15 is 0 Å². The molecule has 2 heterocycles. The first-order valence-electron chi connectivity index (χ1n) is 9.59. The molecule has 0 aromatic heterocycles. The lowest BCUT2D eigenvalue weighted by Crippen LogP contribution is -2.38. The molecule has 1 unspecified atom stereocenters. The van der Waals surface area contributed by atoms with Gasteiger partial charge in [0.25, 0.3) is 0 Å². The molecule has 1 amide bonds. The van der Waals surface area contributed by atoms with E-state index in [2.05, 4.69) is 6.08 Å². The topological polar surface area (TPSA) is 32.7 Å². The number of hydrogen-bond donors (Lipinski definition) is 0. The Hall–Kier alpha value is -2.73. The Bertz CT molecular complexity index is 1070. The van der Waals surface area contributed by atoms with E-state index in [1.54, 1.807) is 29.2 Å². The number of allylic oxidation sites excluding steroid dienone is 1. The maximum Gasteiger partial charge on any atom is 0.239 e. The van der Waals surface area contributed by atoms with Gasteiger partial charge >= 0.3 is 0 Å². The summed E-state index contributed by atoms with van der Waals surface area (Å²) in [5, 5.41) is 0.704. The quantitative estimate of drug-likeness (QED) is 0.660. The van der Waals surface area contributed by atoms with Crippen LogP contribution in [0.1, 0.15) is 36.4 Å². The van der Waals surface area contributed by atoms with E-state index in [9.17, 15) is 13.6 Å². The molecule has 5 rings (SSSR count). The zero-order chi connectivity index (χ0) is 20.0. The first kappa shape index (κ1) is 18.3. The van der Waals surface area contributed by atoms with E-state index in [1.807, 2.05) is 0 Å². The van der Waals surface area contributed by atoms with Gasteiger partial charge in [-0.05, 0) is 71.9 Å². The molecule has 1 fully saturated rings. The Morgan fingerprint density at radius 2 is 1.69 bits per heavy atom. The van der Waals surface area contributed by atoms with E-state index in [1.165, 1.54) is 36.0 Å². The second-order valence-electron chi connectivity index (χ2n) is 7.35. The van der Waals surface area contributed by atoms with Crippen LogP contribution in [0.25, 0.3) is 6.08 Å². The van der Waals surface area contributed by atoms with Crippen LogP contribution in [0.4, 0.5) is 8.78 Å². The number of amides is 1. The van der Waals surface area contributed by atoms with Crippen molar-refractivity contribution >= 4 is 28.9 Å². The van der Waals surface area contributed by atoms with Crippen LogP contribution < -0.4 is 0 Å². The van der Waals surface area contributed by atoms with Crippen molar-refractivity contribution in [2.24, 2.45) is 4.99 Å². The zero-order valence-corrected chi connectivity index (χ0v) is 16.4. The predicted octanol–water partition coefficient (Wildman–Crippen LogP) is 5.47. The third-order valence-electron chi connectivity index (χ3n) is 5.49. The summed E-state index contributed by atoms with van der Waals surface area (Å²) in [4.78, 5) is 19.2. The summed E-state index contributed by atoms with van der Waals surface area (Å²) in [6.07, 6.45) is 4.71. The maximum absolute atomic E-state index is 13.5. The van der Waals surface area contributed by atoms with E-state index in [0.717, 1.165) is 47.2 Å². The van der Waals surface area contributed by atoms with Crippen molar-refractivity contribution in [2.75, 3.05) is 5.75 Å². The fraction of sp³-hybridized carbons (Fsp3) is 0.217. The summed E-state index contributed by atoms with van der Waals surface area (Å²) in [5.74, 6) is -0.158. The van der Waals surface area contributed by atoms with Crippen LogP contribution in [0.5, 0.6) is 0 Å². The van der Waals surface area contributed by atoms with Gasteiger partial charge in [-0.15, -0.1) is 0 Å². The van der Waals surface area contributed by atoms with Crippen molar-refractivity contribution in [1.82, 2.24) is 4.90 Å². The first-order valence-corrected chi connectivity index (χ1v) is 10.6. The lowest BCUT2D eigenvalue weighted by molar-refractivity contribution is -0.125. The van der Waals surface area contributed by atoms with Gasteiger partial charge in [0.1, 0.15) is 11.6 Å². The number of rotatable bonds is 2. The number of carbonyl (C=O) groups is 1. The first-order chi connectivity index (χ1) is 14.1. The monoisotopic (exact) mass is 408 g/mol. The van der Waals surface area contributed by atoms with Gasteiger partial charge < -0.3 is 0 Å². The molecule has 29 heavy (non-hydrogen) atoms. The van der Waals surface area contributed by atoms with E-state index in [0.29, 0.717) is 10.9 Å². The van der Waals surface area contributed by atoms with Crippen LogP contribution >= 0.6 is 11.8 Å². The molecule has 2 aromatic carbocycles. The Kier molecular flexibility index (Phi) is 4.59. The van der Waals surface area contributed by atoms with Crippen LogP contribution in [0.2, 0.25) is 0 Å². The second-order valence-corrected chi connectivity index (χ2v) is 8.29. The molecule has 3 nitrogen and oxygen atoms in total. The van der Waals surface area contributed by atoms with Gasteiger partial charge in [-0.1, -0.05) is 36.0 Å². The highest BCUT2D eigenvalue weighted by atomic mass is 32.2. The molecule has 2 aromatic rings. The van der Waals surface area contributed by atoms with E-state index in [-0.39, 0.29) is 23.6 Å². The fourth-order valence-corrected chi connectivity index (χ4v) is 5.08. The van der Waals surface area contributed by atoms with Crippen molar-refractivity contribution in [3.8, 4) is 0 Å².